The van der Waals surface area contributed by atoms with Gasteiger partial charge in [-0.05, 0) is 91.4 Å². The molecule has 0 fully saturated rings. The van der Waals surface area contributed by atoms with Crippen LogP contribution in [0.3, 0.4) is 0 Å². The third-order valence-corrected chi connectivity index (χ3v) is 4.74. The van der Waals surface area contributed by atoms with Gasteiger partial charge in [0, 0.05) is 34.2 Å². The van der Waals surface area contributed by atoms with Crippen molar-refractivity contribution in [2.75, 3.05) is 0 Å². The summed E-state index contributed by atoms with van der Waals surface area (Å²) in [5, 5.41) is 2.36. The van der Waals surface area contributed by atoms with Crippen molar-refractivity contribution in [3.63, 3.8) is 0 Å². The van der Waals surface area contributed by atoms with E-state index < -0.39 is 0 Å². The first-order valence-corrected chi connectivity index (χ1v) is 11.1. The van der Waals surface area contributed by atoms with Gasteiger partial charge in [-0.2, -0.15) is 4.99 Å². The summed E-state index contributed by atoms with van der Waals surface area (Å²) < 4.78 is 0. The molecule has 0 aliphatic heterocycles. The van der Waals surface area contributed by atoms with Crippen LogP contribution in [0.1, 0.15) is 60.4 Å². The minimum absolute atomic E-state index is 0.776. The van der Waals surface area contributed by atoms with Crippen LogP contribution in [0.5, 0.6) is 0 Å². The number of unbranched alkanes of at least 4 members (excludes halogenated alkanes) is 3. The normalized spacial score (nSPS) is 9.16. The molecule has 0 saturated carbocycles. The van der Waals surface area contributed by atoms with E-state index in [-0.39, 0.29) is 0 Å². The summed E-state index contributed by atoms with van der Waals surface area (Å²) in [5.74, 6) is 19.2. The average molecular weight is 430 g/mol. The van der Waals surface area contributed by atoms with Crippen molar-refractivity contribution in [1.82, 2.24) is 0 Å². The van der Waals surface area contributed by atoms with Gasteiger partial charge in [-0.25, -0.2) is 0 Å². The Kier molecular flexibility index (Phi) is 9.09. The van der Waals surface area contributed by atoms with Gasteiger partial charge in [-0.1, -0.05) is 55.3 Å². The number of nitrogens with zero attached hydrogens (tertiary/aromatic N) is 1. The second-order valence-electron chi connectivity index (χ2n) is 7.16. The molecule has 32 heavy (non-hydrogen) atoms. The lowest BCUT2D eigenvalue weighted by atomic mass is 10.1. The number of benzene rings is 3. The lowest BCUT2D eigenvalue weighted by Crippen LogP contribution is -1.80. The van der Waals surface area contributed by atoms with Crippen LogP contribution in [0.25, 0.3) is 0 Å². The van der Waals surface area contributed by atoms with Crippen molar-refractivity contribution in [1.29, 1.82) is 0 Å². The third kappa shape index (κ3) is 7.76. The van der Waals surface area contributed by atoms with E-state index in [0.29, 0.717) is 0 Å². The predicted molar refractivity (Wildman–Crippen MR) is 137 cm³/mol. The quantitative estimate of drug-likeness (QED) is 0.186. The summed E-state index contributed by atoms with van der Waals surface area (Å²) in [4.78, 5) is 3.94. The second kappa shape index (κ2) is 12.7. The third-order valence-electron chi connectivity index (χ3n) is 4.65. The Morgan fingerprint density at radius 1 is 0.594 bits per heavy atom. The Bertz CT molecular complexity index is 1260. The molecule has 1 nitrogen and oxygen atoms in total. The lowest BCUT2D eigenvalue weighted by molar-refractivity contribution is 0.737. The Balaban J connectivity index is 1.59. The van der Waals surface area contributed by atoms with Crippen LogP contribution in [0.15, 0.2) is 77.8 Å². The van der Waals surface area contributed by atoms with E-state index in [1.165, 1.54) is 19.3 Å². The Labute approximate surface area is 196 Å². The SMILES string of the molecule is CCCCCC#Cc1ccc(C#Cc2ccc(C#Cc3ccc(N=C=S)cc3)cc2)cc1. The number of thiocarbonyl (C=S) groups is 1. The fourth-order valence-electron chi connectivity index (χ4n) is 2.86. The molecule has 3 aromatic rings. The molecule has 0 unspecified atom stereocenters. The number of hydrogen-bond donors (Lipinski definition) is 0. The lowest BCUT2D eigenvalue weighted by Gasteiger charge is -1.94. The molecule has 0 aliphatic carbocycles. The van der Waals surface area contributed by atoms with Gasteiger partial charge in [0.1, 0.15) is 0 Å². The van der Waals surface area contributed by atoms with Crippen LogP contribution in [0.2, 0.25) is 0 Å². The Hall–Kier alpha value is -3.86. The van der Waals surface area contributed by atoms with E-state index in [0.717, 1.165) is 39.9 Å². The van der Waals surface area contributed by atoms with Crippen molar-refractivity contribution in [2.24, 2.45) is 4.99 Å². The zero-order valence-electron chi connectivity index (χ0n) is 18.1. The van der Waals surface area contributed by atoms with Gasteiger partial charge >= 0.3 is 0 Å². The molecule has 0 amide bonds. The first kappa shape index (κ1) is 22.8. The van der Waals surface area contributed by atoms with Crippen molar-refractivity contribution in [3.8, 4) is 35.5 Å². The largest absolute Gasteiger partial charge is 0.195 e. The van der Waals surface area contributed by atoms with Crippen LogP contribution >= 0.6 is 12.2 Å². The van der Waals surface area contributed by atoms with E-state index >= 15 is 0 Å². The number of hydrogen-bond acceptors (Lipinski definition) is 2. The van der Waals surface area contributed by atoms with E-state index in [1.54, 1.807) is 0 Å². The molecule has 0 bridgehead atoms. The fraction of sp³-hybridized carbons (Fsp3) is 0.167. The summed E-state index contributed by atoms with van der Waals surface area (Å²) in [6.45, 7) is 2.21. The number of isothiocyanates is 1. The van der Waals surface area contributed by atoms with Gasteiger partial charge in [-0.15, -0.1) is 0 Å². The van der Waals surface area contributed by atoms with E-state index in [4.69, 9.17) is 0 Å². The maximum atomic E-state index is 4.61. The standard InChI is InChI=1S/C30H23NS/c1-2-3-4-5-6-7-25-8-10-26(11-9-25)12-13-27-14-16-28(17-15-27)18-19-29-20-22-30(23-21-29)31-24-32/h8-11,14-17,20-23H,2-5H2,1H3. The van der Waals surface area contributed by atoms with Crippen LogP contribution in [-0.2, 0) is 0 Å². The summed E-state index contributed by atoms with van der Waals surface area (Å²) in [7, 11) is 0. The predicted octanol–water partition coefficient (Wildman–Crippen LogP) is 7.15. The molecule has 0 aliphatic rings. The molecular formula is C30H23NS. The molecule has 3 aromatic carbocycles. The molecule has 0 spiro atoms. The Morgan fingerprint density at radius 2 is 1.00 bits per heavy atom. The molecular weight excluding hydrogens is 406 g/mol. The monoisotopic (exact) mass is 429 g/mol. The minimum Gasteiger partial charge on any atom is -0.195 e. The smallest absolute Gasteiger partial charge is 0.0740 e. The highest BCUT2D eigenvalue weighted by atomic mass is 32.1. The molecule has 3 rings (SSSR count). The second-order valence-corrected chi connectivity index (χ2v) is 7.35. The molecule has 154 valence electrons. The molecule has 0 heterocycles. The van der Waals surface area contributed by atoms with Crippen LogP contribution in [0.4, 0.5) is 5.69 Å². The van der Waals surface area contributed by atoms with E-state index in [2.05, 4.69) is 64.8 Å². The number of rotatable bonds is 4. The van der Waals surface area contributed by atoms with Gasteiger partial charge < -0.3 is 0 Å². The van der Waals surface area contributed by atoms with Crippen LogP contribution in [0, 0.1) is 35.5 Å². The highest BCUT2D eigenvalue weighted by molar-refractivity contribution is 7.78. The van der Waals surface area contributed by atoms with Gasteiger partial charge in [0.25, 0.3) is 0 Å². The average Bonchev–Trinajstić information content (AvgIpc) is 2.84. The topological polar surface area (TPSA) is 12.4 Å². The molecule has 0 N–H and O–H groups in total. The van der Waals surface area contributed by atoms with Gasteiger partial charge in [-0.3, -0.25) is 0 Å². The van der Waals surface area contributed by atoms with E-state index in [9.17, 15) is 0 Å². The van der Waals surface area contributed by atoms with Crippen molar-refractivity contribution in [2.45, 2.75) is 32.6 Å². The zero-order chi connectivity index (χ0) is 22.4. The highest BCUT2D eigenvalue weighted by Gasteiger charge is 1.92. The molecule has 0 aromatic heterocycles. The fourth-order valence-corrected chi connectivity index (χ4v) is 2.97. The molecule has 0 atom stereocenters. The summed E-state index contributed by atoms with van der Waals surface area (Å²) in [6, 6.07) is 23.6. The maximum absolute atomic E-state index is 4.61. The number of aliphatic imine (C=N–C) groups is 1. The highest BCUT2D eigenvalue weighted by Crippen LogP contribution is 2.12. The Morgan fingerprint density at radius 3 is 1.41 bits per heavy atom. The van der Waals surface area contributed by atoms with E-state index in [1.807, 2.05) is 72.8 Å². The van der Waals surface area contributed by atoms with Crippen molar-refractivity contribution < 1.29 is 0 Å². The van der Waals surface area contributed by atoms with Gasteiger partial charge in [0.2, 0.25) is 0 Å². The van der Waals surface area contributed by atoms with Crippen LogP contribution < -0.4 is 0 Å². The summed E-state index contributed by atoms with van der Waals surface area (Å²) in [6.07, 6.45) is 4.61. The van der Waals surface area contributed by atoms with Crippen molar-refractivity contribution >= 4 is 23.1 Å². The molecule has 0 saturated heterocycles. The maximum Gasteiger partial charge on any atom is 0.0740 e. The first-order chi connectivity index (χ1) is 15.8. The summed E-state index contributed by atoms with van der Waals surface area (Å²) >= 11 is 4.61. The van der Waals surface area contributed by atoms with Gasteiger partial charge in [0.05, 0.1) is 10.8 Å². The van der Waals surface area contributed by atoms with Crippen LogP contribution in [-0.4, -0.2) is 5.16 Å². The van der Waals surface area contributed by atoms with Crippen molar-refractivity contribution in [3.05, 3.63) is 101 Å². The minimum atomic E-state index is 0.776. The molecule has 2 heteroatoms. The zero-order valence-corrected chi connectivity index (χ0v) is 18.9. The molecule has 0 radical (unpaired) electrons. The first-order valence-electron chi connectivity index (χ1n) is 10.7. The van der Waals surface area contributed by atoms with Gasteiger partial charge in [0.15, 0.2) is 0 Å². The summed E-state index contributed by atoms with van der Waals surface area (Å²) in [5.41, 5.74) is 5.61.